The molecule has 1 saturated heterocycles. The third-order valence-electron chi connectivity index (χ3n) is 4.00. The topological polar surface area (TPSA) is 78.7 Å². The van der Waals surface area contributed by atoms with E-state index in [0.29, 0.717) is 26.2 Å². The number of nitrogens with one attached hydrogen (secondary N) is 1. The Morgan fingerprint density at radius 2 is 2.00 bits per heavy atom. The molecule has 7 nitrogen and oxygen atoms in total. The molecule has 7 heteroatoms. The molecular formula is C15H22N4O3. The van der Waals surface area contributed by atoms with E-state index in [1.165, 1.54) is 6.07 Å². The molecule has 0 aliphatic carbocycles. The van der Waals surface area contributed by atoms with Crippen molar-refractivity contribution in [2.24, 2.45) is 0 Å². The second-order valence-corrected chi connectivity index (χ2v) is 5.42. The average Bonchev–Trinajstić information content (AvgIpc) is 2.50. The monoisotopic (exact) mass is 306 g/mol. The van der Waals surface area contributed by atoms with Crippen molar-refractivity contribution in [2.45, 2.75) is 20.4 Å². The van der Waals surface area contributed by atoms with Crippen LogP contribution in [0.2, 0.25) is 0 Å². The third kappa shape index (κ3) is 3.73. The van der Waals surface area contributed by atoms with Crippen LogP contribution in [-0.4, -0.2) is 53.5 Å². The second kappa shape index (κ2) is 7.22. The van der Waals surface area contributed by atoms with Crippen molar-refractivity contribution in [1.29, 1.82) is 0 Å². The summed E-state index contributed by atoms with van der Waals surface area (Å²) < 4.78 is 0. The zero-order chi connectivity index (χ0) is 16.1. The smallest absolute Gasteiger partial charge is 0.317 e. The Morgan fingerprint density at radius 1 is 1.32 bits per heavy atom. The van der Waals surface area contributed by atoms with E-state index in [2.05, 4.69) is 10.2 Å². The summed E-state index contributed by atoms with van der Waals surface area (Å²) in [5.74, 6) is 0. The van der Waals surface area contributed by atoms with Crippen LogP contribution < -0.4 is 5.32 Å². The predicted octanol–water partition coefficient (Wildman–Crippen LogP) is 1.75. The molecule has 2 rings (SSSR count). The van der Waals surface area contributed by atoms with Gasteiger partial charge < -0.3 is 10.2 Å². The fourth-order valence-electron chi connectivity index (χ4n) is 2.65. The van der Waals surface area contributed by atoms with Gasteiger partial charge >= 0.3 is 6.03 Å². The molecule has 2 amide bonds. The van der Waals surface area contributed by atoms with Crippen molar-refractivity contribution < 1.29 is 9.72 Å². The lowest BCUT2D eigenvalue weighted by molar-refractivity contribution is -0.385. The number of piperazine rings is 1. The molecule has 0 atom stereocenters. The first kappa shape index (κ1) is 16.2. The summed E-state index contributed by atoms with van der Waals surface area (Å²) in [6, 6.07) is 5.17. The van der Waals surface area contributed by atoms with Crippen molar-refractivity contribution in [3.05, 3.63) is 39.4 Å². The fraction of sp³-hybridized carbons (Fsp3) is 0.533. The van der Waals surface area contributed by atoms with Gasteiger partial charge in [-0.2, -0.15) is 0 Å². The van der Waals surface area contributed by atoms with Gasteiger partial charge in [0.1, 0.15) is 0 Å². The SMILES string of the molecule is CCNC(=O)N1CCN(Cc2cccc([N+](=O)[O-])c2C)CC1. The van der Waals surface area contributed by atoms with Crippen LogP contribution >= 0.6 is 0 Å². The van der Waals surface area contributed by atoms with Crippen LogP contribution in [0.25, 0.3) is 0 Å². The summed E-state index contributed by atoms with van der Waals surface area (Å²) in [5, 5.41) is 13.8. The number of amides is 2. The minimum Gasteiger partial charge on any atom is -0.338 e. The van der Waals surface area contributed by atoms with Gasteiger partial charge in [-0.1, -0.05) is 12.1 Å². The van der Waals surface area contributed by atoms with Gasteiger partial charge in [0.05, 0.1) is 4.92 Å². The van der Waals surface area contributed by atoms with E-state index >= 15 is 0 Å². The van der Waals surface area contributed by atoms with Crippen molar-refractivity contribution in [3.8, 4) is 0 Å². The molecule has 120 valence electrons. The number of rotatable bonds is 4. The average molecular weight is 306 g/mol. The largest absolute Gasteiger partial charge is 0.338 e. The van der Waals surface area contributed by atoms with Gasteiger partial charge in [-0.3, -0.25) is 15.0 Å². The van der Waals surface area contributed by atoms with Crippen LogP contribution in [0.3, 0.4) is 0 Å². The number of nitrogens with zero attached hydrogens (tertiary/aromatic N) is 3. The maximum Gasteiger partial charge on any atom is 0.317 e. The van der Waals surface area contributed by atoms with Crippen molar-refractivity contribution in [2.75, 3.05) is 32.7 Å². The molecule has 1 aromatic carbocycles. The maximum atomic E-state index is 11.8. The number of hydrogen-bond acceptors (Lipinski definition) is 4. The van der Waals surface area contributed by atoms with Gasteiger partial charge in [0.25, 0.3) is 5.69 Å². The number of carbonyl (C=O) groups is 1. The van der Waals surface area contributed by atoms with Gasteiger partial charge in [0, 0.05) is 50.9 Å². The highest BCUT2D eigenvalue weighted by atomic mass is 16.6. The lowest BCUT2D eigenvalue weighted by atomic mass is 10.1. The van der Waals surface area contributed by atoms with Crippen molar-refractivity contribution in [1.82, 2.24) is 15.1 Å². The number of nitro benzene ring substituents is 1. The Morgan fingerprint density at radius 3 is 2.59 bits per heavy atom. The molecule has 0 bridgehead atoms. The van der Waals surface area contributed by atoms with Crippen molar-refractivity contribution in [3.63, 3.8) is 0 Å². The molecule has 1 heterocycles. The summed E-state index contributed by atoms with van der Waals surface area (Å²) in [7, 11) is 0. The molecule has 0 unspecified atom stereocenters. The van der Waals surface area contributed by atoms with E-state index in [0.717, 1.165) is 24.2 Å². The minimum atomic E-state index is -0.341. The van der Waals surface area contributed by atoms with Crippen LogP contribution in [0.5, 0.6) is 0 Å². The van der Waals surface area contributed by atoms with E-state index in [-0.39, 0.29) is 16.6 Å². The zero-order valence-electron chi connectivity index (χ0n) is 13.0. The zero-order valence-corrected chi connectivity index (χ0v) is 13.0. The van der Waals surface area contributed by atoms with E-state index in [4.69, 9.17) is 0 Å². The van der Waals surface area contributed by atoms with E-state index in [1.54, 1.807) is 17.9 Å². The lowest BCUT2D eigenvalue weighted by Gasteiger charge is -2.34. The van der Waals surface area contributed by atoms with Crippen molar-refractivity contribution >= 4 is 11.7 Å². The number of nitro groups is 1. The predicted molar refractivity (Wildman–Crippen MR) is 83.8 cm³/mol. The van der Waals surface area contributed by atoms with Crippen LogP contribution in [0.15, 0.2) is 18.2 Å². The summed E-state index contributed by atoms with van der Waals surface area (Å²) in [4.78, 5) is 26.4. The molecule has 0 radical (unpaired) electrons. The standard InChI is InChI=1S/C15H22N4O3/c1-3-16-15(20)18-9-7-17(8-10-18)11-13-5-4-6-14(12(13)2)19(21)22/h4-6H,3,7-11H2,1-2H3,(H,16,20). The molecular weight excluding hydrogens is 284 g/mol. The first-order valence-electron chi connectivity index (χ1n) is 7.51. The highest BCUT2D eigenvalue weighted by Crippen LogP contribution is 2.22. The van der Waals surface area contributed by atoms with Gasteiger partial charge in [-0.25, -0.2) is 4.79 Å². The van der Waals surface area contributed by atoms with Gasteiger partial charge in [0.2, 0.25) is 0 Å². The molecule has 1 aliphatic rings. The first-order chi connectivity index (χ1) is 10.5. The van der Waals surface area contributed by atoms with Crippen LogP contribution in [0.1, 0.15) is 18.1 Å². The Kier molecular flexibility index (Phi) is 5.32. The van der Waals surface area contributed by atoms with Gasteiger partial charge in [-0.15, -0.1) is 0 Å². The molecule has 22 heavy (non-hydrogen) atoms. The van der Waals surface area contributed by atoms with Crippen LogP contribution in [0, 0.1) is 17.0 Å². The Hall–Kier alpha value is -2.15. The number of hydrogen-bond donors (Lipinski definition) is 1. The quantitative estimate of drug-likeness (QED) is 0.679. The number of benzene rings is 1. The summed E-state index contributed by atoms with van der Waals surface area (Å²) in [5.41, 5.74) is 1.86. The molecule has 1 N–H and O–H groups in total. The molecule has 1 aliphatic heterocycles. The Bertz CT molecular complexity index is 554. The number of carbonyl (C=O) groups excluding carboxylic acids is 1. The fourth-order valence-corrected chi connectivity index (χ4v) is 2.65. The first-order valence-corrected chi connectivity index (χ1v) is 7.51. The normalized spacial score (nSPS) is 15.6. The summed E-state index contributed by atoms with van der Waals surface area (Å²) in [6.07, 6.45) is 0. The third-order valence-corrected chi connectivity index (χ3v) is 4.00. The van der Waals surface area contributed by atoms with Crippen LogP contribution in [0.4, 0.5) is 10.5 Å². The van der Waals surface area contributed by atoms with Gasteiger partial charge in [-0.05, 0) is 19.4 Å². The highest BCUT2D eigenvalue weighted by molar-refractivity contribution is 5.74. The second-order valence-electron chi connectivity index (χ2n) is 5.42. The number of urea groups is 1. The molecule has 0 aromatic heterocycles. The molecule has 0 saturated carbocycles. The van der Waals surface area contributed by atoms with Gasteiger partial charge in [0.15, 0.2) is 0 Å². The van der Waals surface area contributed by atoms with E-state index in [9.17, 15) is 14.9 Å². The molecule has 0 spiro atoms. The van der Waals surface area contributed by atoms with E-state index in [1.807, 2.05) is 13.0 Å². The summed E-state index contributed by atoms with van der Waals surface area (Å²) in [6.45, 7) is 7.92. The maximum absolute atomic E-state index is 11.8. The highest BCUT2D eigenvalue weighted by Gasteiger charge is 2.22. The minimum absolute atomic E-state index is 0.0197. The molecule has 1 fully saturated rings. The Labute approximate surface area is 130 Å². The lowest BCUT2D eigenvalue weighted by Crippen LogP contribution is -2.51. The van der Waals surface area contributed by atoms with E-state index < -0.39 is 0 Å². The molecule has 1 aromatic rings. The Balaban J connectivity index is 1.95. The van der Waals surface area contributed by atoms with Crippen LogP contribution in [-0.2, 0) is 6.54 Å². The summed E-state index contributed by atoms with van der Waals surface area (Å²) >= 11 is 0.